The second kappa shape index (κ2) is 5.88. The Morgan fingerprint density at radius 1 is 1.05 bits per heavy atom. The Morgan fingerprint density at radius 2 is 1.82 bits per heavy atom. The highest BCUT2D eigenvalue weighted by atomic mass is 19.2. The zero-order valence-electron chi connectivity index (χ0n) is 11.2. The monoisotopic (exact) mass is 305 g/mol. The maximum atomic E-state index is 13.3. The Labute approximate surface area is 123 Å². The van der Waals surface area contributed by atoms with Crippen molar-refractivity contribution >= 4 is 0 Å². The smallest absolute Gasteiger partial charge is 0.249 e. The topological polar surface area (TPSA) is 39.9 Å². The number of hydrogen-bond donors (Lipinski definition) is 0. The molecule has 112 valence electrons. The molecule has 7 heteroatoms. The molecule has 0 aliphatic heterocycles. The zero-order chi connectivity index (χ0) is 15.5. The van der Waals surface area contributed by atoms with Crippen molar-refractivity contribution in [2.75, 3.05) is 0 Å². The minimum atomic E-state index is -1.16. The normalized spacial score (nSPS) is 10.7. The number of benzene rings is 1. The number of nitrogens with zero attached hydrogens (tertiary/aromatic N) is 3. The molecule has 0 saturated carbocycles. The second-order valence-corrected chi connectivity index (χ2v) is 4.42. The predicted molar refractivity (Wildman–Crippen MR) is 72.0 cm³/mol. The standard InChI is InChI=1S/C15H10F3N3O/c16-10-1-3-12(4-2-10)22-9-14-19-5-6-21(14)11-7-13(17)15(18)20-8-11/h1-8H,9H2. The lowest BCUT2D eigenvalue weighted by Gasteiger charge is -2.09. The summed E-state index contributed by atoms with van der Waals surface area (Å²) in [7, 11) is 0. The van der Waals surface area contributed by atoms with Gasteiger partial charge in [0.2, 0.25) is 5.95 Å². The first-order valence-corrected chi connectivity index (χ1v) is 6.35. The van der Waals surface area contributed by atoms with Gasteiger partial charge < -0.3 is 4.74 Å². The number of ether oxygens (including phenoxy) is 1. The van der Waals surface area contributed by atoms with Crippen LogP contribution in [0.15, 0.2) is 48.9 Å². The molecule has 0 aliphatic rings. The number of imidazole rings is 1. The van der Waals surface area contributed by atoms with Crippen LogP contribution in [0.3, 0.4) is 0 Å². The lowest BCUT2D eigenvalue weighted by atomic mass is 10.3. The van der Waals surface area contributed by atoms with Gasteiger partial charge in [-0.25, -0.2) is 18.7 Å². The quantitative estimate of drug-likeness (QED) is 0.695. The summed E-state index contributed by atoms with van der Waals surface area (Å²) in [6.07, 6.45) is 4.28. The highest BCUT2D eigenvalue weighted by Gasteiger charge is 2.10. The summed E-state index contributed by atoms with van der Waals surface area (Å²) < 4.78 is 46.0. The van der Waals surface area contributed by atoms with Crippen molar-refractivity contribution in [1.29, 1.82) is 0 Å². The van der Waals surface area contributed by atoms with Crippen molar-refractivity contribution in [3.05, 3.63) is 72.3 Å². The van der Waals surface area contributed by atoms with E-state index in [4.69, 9.17) is 4.74 Å². The fourth-order valence-electron chi connectivity index (χ4n) is 1.90. The Bertz CT molecular complexity index is 787. The molecule has 3 rings (SSSR count). The van der Waals surface area contributed by atoms with E-state index in [1.807, 2.05) is 0 Å². The average Bonchev–Trinajstić information content (AvgIpc) is 2.98. The molecule has 0 amide bonds. The van der Waals surface area contributed by atoms with Crippen LogP contribution in [0.5, 0.6) is 5.75 Å². The molecule has 0 atom stereocenters. The fourth-order valence-corrected chi connectivity index (χ4v) is 1.90. The number of pyridine rings is 1. The predicted octanol–water partition coefficient (Wildman–Crippen LogP) is 3.26. The van der Waals surface area contributed by atoms with Crippen LogP contribution in [0.1, 0.15) is 5.82 Å². The average molecular weight is 305 g/mol. The molecule has 0 aliphatic carbocycles. The lowest BCUT2D eigenvalue weighted by molar-refractivity contribution is 0.293. The van der Waals surface area contributed by atoms with Gasteiger partial charge in [-0.05, 0) is 24.3 Å². The minimum Gasteiger partial charge on any atom is -0.486 e. The first kappa shape index (κ1) is 14.1. The van der Waals surface area contributed by atoms with Gasteiger partial charge in [-0.3, -0.25) is 4.57 Å². The van der Waals surface area contributed by atoms with Crippen molar-refractivity contribution in [3.8, 4) is 11.4 Å². The van der Waals surface area contributed by atoms with E-state index < -0.39 is 11.8 Å². The van der Waals surface area contributed by atoms with E-state index in [-0.39, 0.29) is 12.4 Å². The van der Waals surface area contributed by atoms with E-state index in [1.54, 1.807) is 6.20 Å². The van der Waals surface area contributed by atoms with Crippen molar-refractivity contribution in [2.24, 2.45) is 0 Å². The summed E-state index contributed by atoms with van der Waals surface area (Å²) in [5.41, 5.74) is 0.328. The Kier molecular flexibility index (Phi) is 3.78. The van der Waals surface area contributed by atoms with Crippen LogP contribution in [-0.2, 0) is 6.61 Å². The van der Waals surface area contributed by atoms with Crippen LogP contribution in [-0.4, -0.2) is 14.5 Å². The van der Waals surface area contributed by atoms with Gasteiger partial charge in [0, 0.05) is 18.5 Å². The second-order valence-electron chi connectivity index (χ2n) is 4.42. The van der Waals surface area contributed by atoms with Gasteiger partial charge in [0.05, 0.1) is 11.9 Å². The van der Waals surface area contributed by atoms with Crippen molar-refractivity contribution in [1.82, 2.24) is 14.5 Å². The zero-order valence-corrected chi connectivity index (χ0v) is 11.2. The van der Waals surface area contributed by atoms with E-state index in [2.05, 4.69) is 9.97 Å². The molecule has 4 nitrogen and oxygen atoms in total. The summed E-state index contributed by atoms with van der Waals surface area (Å²) in [4.78, 5) is 7.43. The van der Waals surface area contributed by atoms with Gasteiger partial charge in [0.15, 0.2) is 11.6 Å². The molecule has 0 radical (unpaired) electrons. The van der Waals surface area contributed by atoms with Gasteiger partial charge in [0.1, 0.15) is 18.2 Å². The summed E-state index contributed by atoms with van der Waals surface area (Å²) in [5.74, 6) is -1.62. The summed E-state index contributed by atoms with van der Waals surface area (Å²) in [6, 6.07) is 6.55. The van der Waals surface area contributed by atoms with Crippen LogP contribution >= 0.6 is 0 Å². The van der Waals surface area contributed by atoms with Crippen LogP contribution in [0, 0.1) is 17.6 Å². The highest BCUT2D eigenvalue weighted by molar-refractivity contribution is 5.30. The van der Waals surface area contributed by atoms with E-state index in [9.17, 15) is 13.2 Å². The number of rotatable bonds is 4. The molecule has 0 fully saturated rings. The minimum absolute atomic E-state index is 0.0810. The molecule has 22 heavy (non-hydrogen) atoms. The van der Waals surface area contributed by atoms with Crippen LogP contribution in [0.2, 0.25) is 0 Å². The molecule has 0 spiro atoms. The molecular formula is C15H10F3N3O. The molecule has 2 aromatic heterocycles. The van der Waals surface area contributed by atoms with E-state index in [1.165, 1.54) is 41.2 Å². The molecular weight excluding hydrogens is 295 g/mol. The molecule has 3 aromatic rings. The van der Waals surface area contributed by atoms with Gasteiger partial charge in [0.25, 0.3) is 0 Å². The first-order valence-electron chi connectivity index (χ1n) is 6.35. The maximum Gasteiger partial charge on any atom is 0.249 e. The van der Waals surface area contributed by atoms with E-state index >= 15 is 0 Å². The fraction of sp³-hybridized carbons (Fsp3) is 0.0667. The van der Waals surface area contributed by atoms with Crippen LogP contribution in [0.25, 0.3) is 5.69 Å². The third kappa shape index (κ3) is 2.93. The Balaban J connectivity index is 1.79. The number of halogens is 3. The highest BCUT2D eigenvalue weighted by Crippen LogP contribution is 2.16. The summed E-state index contributed by atoms with van der Waals surface area (Å²) >= 11 is 0. The van der Waals surface area contributed by atoms with Crippen LogP contribution in [0.4, 0.5) is 13.2 Å². The van der Waals surface area contributed by atoms with Gasteiger partial charge in [-0.2, -0.15) is 4.39 Å². The summed E-state index contributed by atoms with van der Waals surface area (Å²) in [5, 5.41) is 0. The SMILES string of the molecule is Fc1ccc(OCc2nccn2-c2cnc(F)c(F)c2)cc1. The van der Waals surface area contributed by atoms with E-state index in [0.29, 0.717) is 17.3 Å². The van der Waals surface area contributed by atoms with E-state index in [0.717, 1.165) is 6.07 Å². The van der Waals surface area contributed by atoms with Crippen molar-refractivity contribution in [2.45, 2.75) is 6.61 Å². The third-order valence-corrected chi connectivity index (χ3v) is 2.96. The number of hydrogen-bond acceptors (Lipinski definition) is 3. The first-order chi connectivity index (χ1) is 10.6. The maximum absolute atomic E-state index is 13.3. The summed E-state index contributed by atoms with van der Waals surface area (Å²) in [6.45, 7) is 0.0810. The largest absolute Gasteiger partial charge is 0.486 e. The molecule has 0 bridgehead atoms. The molecule has 0 N–H and O–H groups in total. The molecule has 1 aromatic carbocycles. The molecule has 2 heterocycles. The van der Waals surface area contributed by atoms with Gasteiger partial charge in [-0.1, -0.05) is 0 Å². The van der Waals surface area contributed by atoms with Gasteiger partial charge in [-0.15, -0.1) is 0 Å². The lowest BCUT2D eigenvalue weighted by Crippen LogP contribution is -2.06. The third-order valence-electron chi connectivity index (χ3n) is 2.96. The molecule has 0 saturated heterocycles. The Morgan fingerprint density at radius 3 is 2.55 bits per heavy atom. The van der Waals surface area contributed by atoms with Crippen molar-refractivity contribution in [3.63, 3.8) is 0 Å². The Hall–Kier alpha value is -2.83. The van der Waals surface area contributed by atoms with Crippen LogP contribution < -0.4 is 4.74 Å². The molecule has 0 unspecified atom stereocenters. The van der Waals surface area contributed by atoms with Gasteiger partial charge >= 0.3 is 0 Å². The van der Waals surface area contributed by atoms with Crippen molar-refractivity contribution < 1.29 is 17.9 Å². The number of aromatic nitrogens is 3.